The number of aromatic nitrogens is 2. The maximum Gasteiger partial charge on any atom is 0.356 e. The van der Waals surface area contributed by atoms with E-state index in [2.05, 4.69) is 10.00 Å². The Labute approximate surface area is 197 Å². The summed E-state index contributed by atoms with van der Waals surface area (Å²) in [5, 5.41) is 6.43. The molecule has 0 radical (unpaired) electrons. The van der Waals surface area contributed by atoms with E-state index in [1.807, 2.05) is 31.4 Å². The van der Waals surface area contributed by atoms with Gasteiger partial charge in [-0.15, -0.1) is 11.3 Å². The van der Waals surface area contributed by atoms with Crippen LogP contribution in [0.4, 0.5) is 10.1 Å². The Hall–Kier alpha value is -3.20. The number of esters is 1. The highest BCUT2D eigenvalue weighted by atomic mass is 32.1. The Morgan fingerprint density at radius 2 is 1.79 bits per heavy atom. The Morgan fingerprint density at radius 1 is 1.09 bits per heavy atom. The first kappa shape index (κ1) is 24.4. The molecule has 0 unspecified atom stereocenters. The topological polar surface area (TPSA) is 67.7 Å². The van der Waals surface area contributed by atoms with E-state index in [9.17, 15) is 14.0 Å². The first-order valence-electron chi connectivity index (χ1n) is 11.1. The van der Waals surface area contributed by atoms with Crippen LogP contribution in [0.5, 0.6) is 0 Å². The molecule has 0 aliphatic carbocycles. The molecular formula is C24H29FN4O3S. The number of piperazine rings is 1. The molecule has 9 heteroatoms. The summed E-state index contributed by atoms with van der Waals surface area (Å²) in [5.41, 5.74) is 1.85. The third-order valence-electron chi connectivity index (χ3n) is 5.15. The van der Waals surface area contributed by atoms with Crippen LogP contribution in [0.25, 0.3) is 10.6 Å². The molecule has 1 aromatic carbocycles. The number of amides is 1. The van der Waals surface area contributed by atoms with Crippen LogP contribution in [0.2, 0.25) is 0 Å². The molecule has 0 atom stereocenters. The second-order valence-corrected chi connectivity index (χ2v) is 8.06. The molecule has 0 saturated carbocycles. The van der Waals surface area contributed by atoms with E-state index < -0.39 is 5.97 Å². The second kappa shape index (κ2) is 11.6. The smallest absolute Gasteiger partial charge is 0.356 e. The standard InChI is InChI=1S/C22H23FN4O3S.C2H6/c1-2-30-22(29)19-14-18(20-4-3-13-31-20)24-27(19)15-21(28)26-11-9-25(10-12-26)17-7-5-16(23)6-8-17;1-2/h3-8,13-14H,2,9-12,15H2,1H3;1-2H3. The van der Waals surface area contributed by atoms with Gasteiger partial charge in [0.2, 0.25) is 5.91 Å². The van der Waals surface area contributed by atoms with Crippen molar-refractivity contribution in [2.75, 3.05) is 37.7 Å². The minimum Gasteiger partial charge on any atom is -0.461 e. The van der Waals surface area contributed by atoms with Gasteiger partial charge in [0.1, 0.15) is 23.7 Å². The van der Waals surface area contributed by atoms with Crippen LogP contribution >= 0.6 is 11.3 Å². The number of carbonyl (C=O) groups is 2. The van der Waals surface area contributed by atoms with Crippen molar-refractivity contribution in [3.8, 4) is 10.6 Å². The molecule has 0 N–H and O–H groups in total. The summed E-state index contributed by atoms with van der Waals surface area (Å²) in [7, 11) is 0. The highest BCUT2D eigenvalue weighted by molar-refractivity contribution is 7.13. The van der Waals surface area contributed by atoms with Gasteiger partial charge in [0.15, 0.2) is 0 Å². The van der Waals surface area contributed by atoms with Crippen molar-refractivity contribution >= 4 is 28.9 Å². The molecular weight excluding hydrogens is 443 g/mol. The lowest BCUT2D eigenvalue weighted by Gasteiger charge is -2.36. The molecule has 7 nitrogen and oxygen atoms in total. The Morgan fingerprint density at radius 3 is 2.39 bits per heavy atom. The van der Waals surface area contributed by atoms with Gasteiger partial charge in [0.25, 0.3) is 0 Å². The molecule has 0 bridgehead atoms. The van der Waals surface area contributed by atoms with E-state index in [4.69, 9.17) is 4.74 Å². The number of hydrogen-bond donors (Lipinski definition) is 0. The lowest BCUT2D eigenvalue weighted by atomic mass is 10.2. The van der Waals surface area contributed by atoms with Gasteiger partial charge in [0, 0.05) is 31.9 Å². The number of ether oxygens (including phenoxy) is 1. The number of benzene rings is 1. The van der Waals surface area contributed by atoms with Gasteiger partial charge in [-0.05, 0) is 48.7 Å². The molecule has 0 spiro atoms. The summed E-state index contributed by atoms with van der Waals surface area (Å²) in [4.78, 5) is 30.1. The lowest BCUT2D eigenvalue weighted by Crippen LogP contribution is -2.49. The fraction of sp³-hybridized carbons (Fsp3) is 0.375. The molecule has 1 aliphatic heterocycles. The van der Waals surface area contributed by atoms with Crippen molar-refractivity contribution in [2.45, 2.75) is 27.3 Å². The van der Waals surface area contributed by atoms with Crippen LogP contribution in [-0.2, 0) is 16.1 Å². The SMILES string of the molecule is CC.CCOC(=O)c1cc(-c2cccs2)nn1CC(=O)N1CCN(c2ccc(F)cc2)CC1. The molecule has 1 saturated heterocycles. The summed E-state index contributed by atoms with van der Waals surface area (Å²) < 4.78 is 19.7. The van der Waals surface area contributed by atoms with E-state index in [1.54, 1.807) is 30.0 Å². The predicted octanol–water partition coefficient (Wildman–Crippen LogP) is 4.30. The van der Waals surface area contributed by atoms with Gasteiger partial charge in [-0.25, -0.2) is 13.9 Å². The van der Waals surface area contributed by atoms with Crippen LogP contribution in [-0.4, -0.2) is 59.3 Å². The monoisotopic (exact) mass is 472 g/mol. The predicted molar refractivity (Wildman–Crippen MR) is 128 cm³/mol. The van der Waals surface area contributed by atoms with Gasteiger partial charge >= 0.3 is 5.97 Å². The fourth-order valence-corrected chi connectivity index (χ4v) is 4.23. The number of carbonyl (C=O) groups excluding carboxylic acids is 2. The number of halogens is 1. The number of rotatable bonds is 6. The normalized spacial score (nSPS) is 13.3. The molecule has 4 rings (SSSR count). The van der Waals surface area contributed by atoms with Crippen LogP contribution in [0, 0.1) is 5.82 Å². The Kier molecular flexibility index (Phi) is 8.59. The van der Waals surface area contributed by atoms with E-state index >= 15 is 0 Å². The zero-order valence-electron chi connectivity index (χ0n) is 19.2. The third kappa shape index (κ3) is 5.98. The highest BCUT2D eigenvalue weighted by Crippen LogP contribution is 2.25. The summed E-state index contributed by atoms with van der Waals surface area (Å²) in [6.45, 7) is 8.36. The zero-order valence-corrected chi connectivity index (χ0v) is 20.0. The summed E-state index contributed by atoms with van der Waals surface area (Å²) in [5.74, 6) is -0.868. The Bertz CT molecular complexity index is 1040. The minimum absolute atomic E-state index is 0.0317. The van der Waals surface area contributed by atoms with Gasteiger partial charge in [-0.3, -0.25) is 4.79 Å². The lowest BCUT2D eigenvalue weighted by molar-refractivity contribution is -0.132. The van der Waals surface area contributed by atoms with Crippen molar-refractivity contribution in [1.82, 2.24) is 14.7 Å². The van der Waals surface area contributed by atoms with Crippen molar-refractivity contribution < 1.29 is 18.7 Å². The van der Waals surface area contributed by atoms with Crippen molar-refractivity contribution in [3.63, 3.8) is 0 Å². The third-order valence-corrected chi connectivity index (χ3v) is 6.04. The van der Waals surface area contributed by atoms with Crippen molar-refractivity contribution in [3.05, 3.63) is 59.4 Å². The minimum atomic E-state index is -0.494. The molecule has 176 valence electrons. The van der Waals surface area contributed by atoms with Crippen molar-refractivity contribution in [1.29, 1.82) is 0 Å². The first-order chi connectivity index (χ1) is 16.0. The quantitative estimate of drug-likeness (QED) is 0.501. The second-order valence-electron chi connectivity index (χ2n) is 7.11. The molecule has 3 aromatic rings. The number of thiophene rings is 1. The van der Waals surface area contributed by atoms with Crippen molar-refractivity contribution in [2.24, 2.45) is 0 Å². The summed E-state index contributed by atoms with van der Waals surface area (Å²) >= 11 is 1.52. The first-order valence-corrected chi connectivity index (χ1v) is 12.0. The Balaban J connectivity index is 0.00000149. The maximum absolute atomic E-state index is 13.1. The van der Waals surface area contributed by atoms with Crippen LogP contribution < -0.4 is 4.90 Å². The summed E-state index contributed by atoms with van der Waals surface area (Å²) in [6.07, 6.45) is 0. The van der Waals surface area contributed by atoms with E-state index in [-0.39, 0.29) is 30.6 Å². The van der Waals surface area contributed by atoms with E-state index in [1.165, 1.54) is 28.2 Å². The average Bonchev–Trinajstić information content (AvgIpc) is 3.51. The molecule has 2 aromatic heterocycles. The molecule has 3 heterocycles. The van der Waals surface area contributed by atoms with Gasteiger partial charge in [0.05, 0.1) is 11.5 Å². The number of nitrogens with zero attached hydrogens (tertiary/aromatic N) is 4. The fourth-order valence-electron chi connectivity index (χ4n) is 3.55. The average molecular weight is 473 g/mol. The zero-order chi connectivity index (χ0) is 23.8. The van der Waals surface area contributed by atoms with Crippen LogP contribution in [0.3, 0.4) is 0 Å². The molecule has 1 fully saturated rings. The number of anilines is 1. The van der Waals surface area contributed by atoms with E-state index in [0.717, 1.165) is 10.6 Å². The van der Waals surface area contributed by atoms with Gasteiger partial charge in [-0.2, -0.15) is 5.10 Å². The molecule has 1 aliphatic rings. The largest absolute Gasteiger partial charge is 0.461 e. The van der Waals surface area contributed by atoms with Crippen LogP contribution in [0.1, 0.15) is 31.3 Å². The van der Waals surface area contributed by atoms with E-state index in [0.29, 0.717) is 31.9 Å². The summed E-state index contributed by atoms with van der Waals surface area (Å²) in [6, 6.07) is 11.9. The molecule has 33 heavy (non-hydrogen) atoms. The molecule has 1 amide bonds. The van der Waals surface area contributed by atoms with Gasteiger partial charge in [-0.1, -0.05) is 19.9 Å². The number of hydrogen-bond acceptors (Lipinski definition) is 6. The maximum atomic E-state index is 13.1. The van der Waals surface area contributed by atoms with Crippen LogP contribution in [0.15, 0.2) is 47.8 Å². The van der Waals surface area contributed by atoms with Gasteiger partial charge < -0.3 is 14.5 Å². The highest BCUT2D eigenvalue weighted by Gasteiger charge is 2.25.